The second-order valence-electron chi connectivity index (χ2n) is 11.1. The summed E-state index contributed by atoms with van der Waals surface area (Å²) in [4.78, 5) is 0. The van der Waals surface area contributed by atoms with Gasteiger partial charge in [-0.3, -0.25) is 0 Å². The minimum atomic E-state index is 1.15. The van der Waals surface area contributed by atoms with Crippen LogP contribution in [0.4, 0.5) is 0 Å². The van der Waals surface area contributed by atoms with Crippen LogP contribution in [0.1, 0.15) is 147 Å². The minimum Gasteiger partial charge on any atom is -0.234 e. The van der Waals surface area contributed by atoms with Gasteiger partial charge in [-0.25, -0.2) is 9.13 Å². The van der Waals surface area contributed by atoms with Gasteiger partial charge < -0.3 is 0 Å². The summed E-state index contributed by atoms with van der Waals surface area (Å²) in [5, 5.41) is 0. The van der Waals surface area contributed by atoms with E-state index >= 15 is 0 Å². The second kappa shape index (κ2) is 21.5. The molecule has 0 saturated carbocycles. The number of aryl methyl sites for hydroxylation is 3. The van der Waals surface area contributed by atoms with Crippen molar-refractivity contribution < 1.29 is 4.57 Å². The van der Waals surface area contributed by atoms with E-state index in [9.17, 15) is 0 Å². The van der Waals surface area contributed by atoms with Gasteiger partial charge in [-0.2, -0.15) is 0 Å². The van der Waals surface area contributed by atoms with E-state index in [-0.39, 0.29) is 0 Å². The molecular weight excluding hydrogens is 436 g/mol. The summed E-state index contributed by atoms with van der Waals surface area (Å²) in [6.45, 7) is 6.95. The monoisotopic (exact) mass is 495 g/mol. The van der Waals surface area contributed by atoms with E-state index in [0.29, 0.717) is 0 Å². The van der Waals surface area contributed by atoms with Crippen LogP contribution in [0, 0.1) is 0 Å². The SMILES string of the molecule is CCCCCCCCCCCCCc1n(CCCCCCCCC)cc[n+]1CCCc1ccccc1. The van der Waals surface area contributed by atoms with Crippen molar-refractivity contribution in [3.05, 3.63) is 54.1 Å². The Morgan fingerprint density at radius 2 is 1.08 bits per heavy atom. The lowest BCUT2D eigenvalue weighted by atomic mass is 10.1. The molecule has 1 heterocycles. The zero-order valence-corrected chi connectivity index (χ0v) is 24.2. The number of unbranched alkanes of at least 4 members (excludes halogenated alkanes) is 16. The number of benzene rings is 1. The van der Waals surface area contributed by atoms with Crippen molar-refractivity contribution in [3.63, 3.8) is 0 Å². The third kappa shape index (κ3) is 14.2. The van der Waals surface area contributed by atoms with Crippen LogP contribution in [0.25, 0.3) is 0 Å². The Morgan fingerprint density at radius 3 is 1.67 bits per heavy atom. The molecule has 2 rings (SSSR count). The molecule has 0 aliphatic heterocycles. The molecule has 36 heavy (non-hydrogen) atoms. The summed E-state index contributed by atoms with van der Waals surface area (Å²) >= 11 is 0. The number of imidazole rings is 1. The molecule has 0 radical (unpaired) electrons. The molecule has 2 nitrogen and oxygen atoms in total. The highest BCUT2D eigenvalue weighted by atomic mass is 15.1. The number of hydrogen-bond donors (Lipinski definition) is 0. The largest absolute Gasteiger partial charge is 0.256 e. The number of hydrogen-bond acceptors (Lipinski definition) is 0. The van der Waals surface area contributed by atoms with E-state index in [0.717, 1.165) is 6.54 Å². The van der Waals surface area contributed by atoms with Crippen LogP contribution in [0.2, 0.25) is 0 Å². The quantitative estimate of drug-likeness (QED) is 0.101. The molecule has 204 valence electrons. The van der Waals surface area contributed by atoms with Crippen LogP contribution in [0.3, 0.4) is 0 Å². The third-order valence-corrected chi connectivity index (χ3v) is 7.80. The first-order valence-electron chi connectivity index (χ1n) is 16.0. The Morgan fingerprint density at radius 1 is 0.556 bits per heavy atom. The van der Waals surface area contributed by atoms with Crippen LogP contribution in [-0.4, -0.2) is 4.57 Å². The highest BCUT2D eigenvalue weighted by molar-refractivity contribution is 5.14. The molecule has 0 N–H and O–H groups in total. The van der Waals surface area contributed by atoms with Crippen molar-refractivity contribution in [1.29, 1.82) is 0 Å². The fourth-order valence-electron chi connectivity index (χ4n) is 5.48. The van der Waals surface area contributed by atoms with E-state index in [1.54, 1.807) is 5.82 Å². The molecule has 0 fully saturated rings. The summed E-state index contributed by atoms with van der Waals surface area (Å²) in [7, 11) is 0. The Kier molecular flexibility index (Phi) is 18.3. The molecule has 0 saturated heterocycles. The number of aromatic nitrogens is 2. The van der Waals surface area contributed by atoms with Crippen LogP contribution < -0.4 is 4.57 Å². The molecule has 1 aromatic heterocycles. The smallest absolute Gasteiger partial charge is 0.234 e. The molecule has 0 aliphatic rings. The molecule has 2 aromatic rings. The van der Waals surface area contributed by atoms with Gasteiger partial charge >= 0.3 is 0 Å². The van der Waals surface area contributed by atoms with Crippen molar-refractivity contribution >= 4 is 0 Å². The second-order valence-corrected chi connectivity index (χ2v) is 11.1. The highest BCUT2D eigenvalue weighted by Crippen LogP contribution is 2.14. The van der Waals surface area contributed by atoms with E-state index < -0.39 is 0 Å². The van der Waals surface area contributed by atoms with Gasteiger partial charge in [0.2, 0.25) is 0 Å². The predicted octanol–water partition coefficient (Wildman–Crippen LogP) is 10.0. The van der Waals surface area contributed by atoms with Gasteiger partial charge in [-0.05, 0) is 37.7 Å². The van der Waals surface area contributed by atoms with Crippen LogP contribution in [0.5, 0.6) is 0 Å². The first-order valence-corrected chi connectivity index (χ1v) is 16.0. The molecule has 0 aliphatic carbocycles. The molecule has 1 aromatic carbocycles. The average molecular weight is 496 g/mol. The Labute approximate surface area is 224 Å². The summed E-state index contributed by atoms with van der Waals surface area (Å²) in [6, 6.07) is 11.0. The van der Waals surface area contributed by atoms with Gasteiger partial charge in [0.25, 0.3) is 5.82 Å². The molecule has 0 amide bonds. The Hall–Kier alpha value is -1.57. The van der Waals surface area contributed by atoms with Crippen molar-refractivity contribution in [2.75, 3.05) is 0 Å². The molecule has 0 spiro atoms. The average Bonchev–Trinajstić information content (AvgIpc) is 3.28. The lowest BCUT2D eigenvalue weighted by Gasteiger charge is -2.07. The molecular formula is C34H59N2+. The number of nitrogens with zero attached hydrogens (tertiary/aromatic N) is 2. The fourth-order valence-corrected chi connectivity index (χ4v) is 5.48. The van der Waals surface area contributed by atoms with Crippen molar-refractivity contribution in [2.45, 2.75) is 162 Å². The molecule has 0 unspecified atom stereocenters. The van der Waals surface area contributed by atoms with Crippen LogP contribution >= 0.6 is 0 Å². The van der Waals surface area contributed by atoms with Crippen molar-refractivity contribution in [2.24, 2.45) is 0 Å². The Bertz CT molecular complexity index is 733. The van der Waals surface area contributed by atoms with E-state index in [1.807, 2.05) is 0 Å². The van der Waals surface area contributed by atoms with Gasteiger partial charge in [-0.15, -0.1) is 0 Å². The summed E-state index contributed by atoms with van der Waals surface area (Å²) < 4.78 is 5.16. The van der Waals surface area contributed by atoms with Gasteiger partial charge in [0.15, 0.2) is 0 Å². The van der Waals surface area contributed by atoms with Gasteiger partial charge in [0.05, 0.1) is 13.1 Å². The van der Waals surface area contributed by atoms with Gasteiger partial charge in [-0.1, -0.05) is 140 Å². The maximum atomic E-state index is 2.59. The summed E-state index contributed by atoms with van der Waals surface area (Å²) in [5.41, 5.74) is 1.47. The first kappa shape index (κ1) is 30.7. The normalized spacial score (nSPS) is 11.4. The fraction of sp³-hybridized carbons (Fsp3) is 0.735. The molecule has 0 atom stereocenters. The first-order chi connectivity index (χ1) is 17.8. The van der Waals surface area contributed by atoms with Crippen LogP contribution in [-0.2, 0) is 25.9 Å². The summed E-state index contributed by atoms with van der Waals surface area (Å²) in [5.74, 6) is 1.57. The Balaban J connectivity index is 1.72. The van der Waals surface area contributed by atoms with Gasteiger partial charge in [0, 0.05) is 6.42 Å². The van der Waals surface area contributed by atoms with E-state index in [2.05, 4.69) is 65.7 Å². The molecule has 2 heteroatoms. The zero-order valence-electron chi connectivity index (χ0n) is 24.2. The van der Waals surface area contributed by atoms with Gasteiger partial charge in [0.1, 0.15) is 12.4 Å². The third-order valence-electron chi connectivity index (χ3n) is 7.80. The van der Waals surface area contributed by atoms with E-state index in [1.165, 1.54) is 147 Å². The van der Waals surface area contributed by atoms with Crippen molar-refractivity contribution in [3.8, 4) is 0 Å². The number of rotatable bonds is 24. The lowest BCUT2D eigenvalue weighted by Crippen LogP contribution is -2.37. The maximum Gasteiger partial charge on any atom is 0.256 e. The summed E-state index contributed by atoms with van der Waals surface area (Å²) in [6.07, 6.45) is 33.7. The standard InChI is InChI=1S/C34H59N2/c1-3-5-7-9-11-12-13-14-15-17-22-28-34-35(29-23-18-16-10-8-6-4-2)31-32-36(34)30-24-27-33-25-20-19-21-26-33/h19-21,25-26,31-32H,3-18,22-24,27-30H2,1-2H3/q+1. The topological polar surface area (TPSA) is 8.81 Å². The highest BCUT2D eigenvalue weighted by Gasteiger charge is 2.16. The van der Waals surface area contributed by atoms with E-state index in [4.69, 9.17) is 0 Å². The minimum absolute atomic E-state index is 1.15. The predicted molar refractivity (Wildman–Crippen MR) is 158 cm³/mol. The van der Waals surface area contributed by atoms with Crippen molar-refractivity contribution in [1.82, 2.24) is 4.57 Å². The molecule has 0 bridgehead atoms. The lowest BCUT2D eigenvalue weighted by molar-refractivity contribution is -0.704. The zero-order chi connectivity index (χ0) is 25.5. The maximum absolute atomic E-state index is 2.59. The van der Waals surface area contributed by atoms with Crippen LogP contribution in [0.15, 0.2) is 42.7 Å².